The Hall–Kier alpha value is -0.550. The third-order valence-corrected chi connectivity index (χ3v) is 5.87. The van der Waals surface area contributed by atoms with E-state index in [0.29, 0.717) is 17.2 Å². The normalized spacial score (nSPS) is 31.4. The highest BCUT2D eigenvalue weighted by atomic mass is 32.2. The lowest BCUT2D eigenvalue weighted by Gasteiger charge is -2.26. The van der Waals surface area contributed by atoms with Crippen LogP contribution in [-0.2, 0) is 0 Å². The van der Waals surface area contributed by atoms with Gasteiger partial charge in [-0.1, -0.05) is 18.5 Å². The zero-order valence-electron chi connectivity index (χ0n) is 12.3. The average Bonchev–Trinajstić information content (AvgIpc) is 2.99. The molecular weight excluding hydrogens is 270 g/mol. The van der Waals surface area contributed by atoms with Crippen LogP contribution in [0.3, 0.4) is 0 Å². The van der Waals surface area contributed by atoms with Crippen molar-refractivity contribution >= 4 is 11.8 Å². The molecule has 1 saturated heterocycles. The smallest absolute Gasteiger partial charge is 0.229 e. The van der Waals surface area contributed by atoms with Crippen LogP contribution in [0.4, 0.5) is 0 Å². The van der Waals surface area contributed by atoms with E-state index in [1.165, 1.54) is 50.7 Å². The summed E-state index contributed by atoms with van der Waals surface area (Å²) in [5.41, 5.74) is 0. The van der Waals surface area contributed by atoms with Crippen LogP contribution in [0.5, 0.6) is 0 Å². The van der Waals surface area contributed by atoms with E-state index in [-0.39, 0.29) is 0 Å². The van der Waals surface area contributed by atoms with Crippen LogP contribution in [0, 0.1) is 0 Å². The molecule has 112 valence electrons. The quantitative estimate of drug-likeness (QED) is 0.918. The van der Waals surface area contributed by atoms with Gasteiger partial charge >= 0.3 is 0 Å². The van der Waals surface area contributed by atoms with Crippen LogP contribution in [0.1, 0.15) is 74.8 Å². The van der Waals surface area contributed by atoms with Crippen LogP contribution in [0.2, 0.25) is 0 Å². The number of thioether (sulfide) groups is 1. The van der Waals surface area contributed by atoms with Gasteiger partial charge in [-0.25, -0.2) is 0 Å². The zero-order valence-corrected chi connectivity index (χ0v) is 13.1. The number of nitrogens with zero attached hydrogens (tertiary/aromatic N) is 2. The van der Waals surface area contributed by atoms with Gasteiger partial charge in [-0.3, -0.25) is 0 Å². The molecule has 0 radical (unpaired) electrons. The molecule has 1 atom stereocenters. The maximum atomic E-state index is 5.56. The molecule has 3 rings (SSSR count). The summed E-state index contributed by atoms with van der Waals surface area (Å²) < 4.78 is 5.56. The molecule has 0 spiro atoms. The molecule has 2 aliphatic rings. The largest absolute Gasteiger partial charge is 0.339 e. The molecule has 1 aliphatic carbocycles. The lowest BCUT2D eigenvalue weighted by molar-refractivity contribution is 0.283. The van der Waals surface area contributed by atoms with E-state index in [1.807, 2.05) is 11.8 Å². The molecule has 1 unspecified atom stereocenters. The standard InChI is InChI=1S/C15H25N3OS/c1-2-16-12-8-6-11(7-9-12)15-17-14(18-19-15)13-5-3-4-10-20-13/h11-13,16H,2-10H2,1H3. The Morgan fingerprint density at radius 1 is 1.20 bits per heavy atom. The molecule has 1 N–H and O–H groups in total. The van der Waals surface area contributed by atoms with Gasteiger partial charge in [0.25, 0.3) is 0 Å². The Balaban J connectivity index is 1.57. The lowest BCUT2D eigenvalue weighted by atomic mass is 9.86. The molecule has 0 amide bonds. The van der Waals surface area contributed by atoms with Gasteiger partial charge in [0.1, 0.15) is 0 Å². The Kier molecular flexibility index (Phi) is 4.99. The minimum atomic E-state index is 0.472. The Morgan fingerprint density at radius 2 is 2.05 bits per heavy atom. The highest BCUT2D eigenvalue weighted by Gasteiger charge is 2.28. The first kappa shape index (κ1) is 14.4. The summed E-state index contributed by atoms with van der Waals surface area (Å²) in [4.78, 5) is 4.71. The SMILES string of the molecule is CCNC1CCC(c2nc(C3CCCCS3)no2)CC1. The van der Waals surface area contributed by atoms with Gasteiger partial charge in [-0.2, -0.15) is 16.7 Å². The molecule has 0 bridgehead atoms. The summed E-state index contributed by atoms with van der Waals surface area (Å²) in [5.74, 6) is 3.56. The van der Waals surface area contributed by atoms with E-state index in [4.69, 9.17) is 9.51 Å². The summed E-state index contributed by atoms with van der Waals surface area (Å²) in [5, 5.41) is 8.26. The fraction of sp³-hybridized carbons (Fsp3) is 0.867. The van der Waals surface area contributed by atoms with E-state index < -0.39 is 0 Å². The Labute approximate surface area is 125 Å². The molecule has 2 heterocycles. The molecule has 20 heavy (non-hydrogen) atoms. The van der Waals surface area contributed by atoms with Crippen LogP contribution in [0.15, 0.2) is 4.52 Å². The molecular formula is C15H25N3OS. The van der Waals surface area contributed by atoms with Crippen molar-refractivity contribution in [3.05, 3.63) is 11.7 Å². The van der Waals surface area contributed by atoms with Crippen molar-refractivity contribution in [2.24, 2.45) is 0 Å². The molecule has 1 saturated carbocycles. The highest BCUT2D eigenvalue weighted by Crippen LogP contribution is 2.38. The van der Waals surface area contributed by atoms with E-state index >= 15 is 0 Å². The highest BCUT2D eigenvalue weighted by molar-refractivity contribution is 7.99. The summed E-state index contributed by atoms with van der Waals surface area (Å²) in [6.07, 6.45) is 8.66. The zero-order chi connectivity index (χ0) is 13.8. The third kappa shape index (κ3) is 3.37. The van der Waals surface area contributed by atoms with Gasteiger partial charge in [-0.05, 0) is 50.8 Å². The van der Waals surface area contributed by atoms with Crippen molar-refractivity contribution < 1.29 is 4.52 Å². The van der Waals surface area contributed by atoms with Crippen LogP contribution < -0.4 is 5.32 Å². The Morgan fingerprint density at radius 3 is 2.75 bits per heavy atom. The second-order valence-corrected chi connectivity index (χ2v) is 7.26. The number of nitrogens with one attached hydrogen (secondary N) is 1. The summed E-state index contributed by atoms with van der Waals surface area (Å²) in [6, 6.07) is 0.688. The van der Waals surface area contributed by atoms with Gasteiger partial charge in [-0.15, -0.1) is 0 Å². The lowest BCUT2D eigenvalue weighted by Crippen LogP contribution is -2.32. The van der Waals surface area contributed by atoms with E-state index in [2.05, 4.69) is 17.4 Å². The summed E-state index contributed by atoms with van der Waals surface area (Å²) in [7, 11) is 0. The van der Waals surface area contributed by atoms with Gasteiger partial charge in [0, 0.05) is 12.0 Å². The average molecular weight is 295 g/mol. The van der Waals surface area contributed by atoms with Crippen LogP contribution in [0.25, 0.3) is 0 Å². The first-order valence-electron chi connectivity index (χ1n) is 8.05. The maximum Gasteiger partial charge on any atom is 0.229 e. The van der Waals surface area contributed by atoms with Crippen LogP contribution >= 0.6 is 11.8 Å². The van der Waals surface area contributed by atoms with Crippen molar-refractivity contribution in [3.8, 4) is 0 Å². The topological polar surface area (TPSA) is 51.0 Å². The van der Waals surface area contributed by atoms with E-state index in [0.717, 1.165) is 18.3 Å². The third-order valence-electron chi connectivity index (χ3n) is 4.49. The van der Waals surface area contributed by atoms with Gasteiger partial charge < -0.3 is 9.84 Å². The van der Waals surface area contributed by atoms with Gasteiger partial charge in [0.05, 0.1) is 5.25 Å². The van der Waals surface area contributed by atoms with Crippen molar-refractivity contribution in [1.29, 1.82) is 0 Å². The fourth-order valence-electron chi connectivity index (χ4n) is 3.32. The predicted molar refractivity (Wildman–Crippen MR) is 82.0 cm³/mol. The molecule has 2 fully saturated rings. The fourth-order valence-corrected chi connectivity index (χ4v) is 4.55. The summed E-state index contributed by atoms with van der Waals surface area (Å²) >= 11 is 1.99. The number of hydrogen-bond donors (Lipinski definition) is 1. The predicted octanol–water partition coefficient (Wildman–Crippen LogP) is 3.66. The number of aromatic nitrogens is 2. The molecule has 1 aliphatic heterocycles. The first-order valence-corrected chi connectivity index (χ1v) is 9.10. The van der Waals surface area contributed by atoms with E-state index in [9.17, 15) is 0 Å². The molecule has 4 nitrogen and oxygen atoms in total. The second kappa shape index (κ2) is 6.94. The van der Waals surface area contributed by atoms with Crippen molar-refractivity contribution in [1.82, 2.24) is 15.5 Å². The van der Waals surface area contributed by atoms with E-state index in [1.54, 1.807) is 0 Å². The molecule has 0 aromatic carbocycles. The Bertz CT molecular complexity index is 409. The minimum absolute atomic E-state index is 0.472. The van der Waals surface area contributed by atoms with Crippen molar-refractivity contribution in [3.63, 3.8) is 0 Å². The first-order chi connectivity index (χ1) is 9.86. The number of hydrogen-bond acceptors (Lipinski definition) is 5. The van der Waals surface area contributed by atoms with Gasteiger partial charge in [0.2, 0.25) is 5.89 Å². The number of rotatable bonds is 4. The molecule has 5 heteroatoms. The molecule has 1 aromatic rings. The monoisotopic (exact) mass is 295 g/mol. The van der Waals surface area contributed by atoms with Crippen molar-refractivity contribution in [2.75, 3.05) is 12.3 Å². The molecule has 1 aromatic heterocycles. The minimum Gasteiger partial charge on any atom is -0.339 e. The van der Waals surface area contributed by atoms with Crippen LogP contribution in [-0.4, -0.2) is 28.5 Å². The maximum absolute atomic E-state index is 5.56. The van der Waals surface area contributed by atoms with Crippen molar-refractivity contribution in [2.45, 2.75) is 69.1 Å². The second-order valence-electron chi connectivity index (χ2n) is 5.95. The van der Waals surface area contributed by atoms with Gasteiger partial charge in [0.15, 0.2) is 5.82 Å². The summed E-state index contributed by atoms with van der Waals surface area (Å²) in [6.45, 7) is 3.25.